The Balaban J connectivity index is 1.68. The molecule has 6 nitrogen and oxygen atoms in total. The lowest BCUT2D eigenvalue weighted by Gasteiger charge is -2.14. The zero-order valence-electron chi connectivity index (χ0n) is 12.1. The van der Waals surface area contributed by atoms with Crippen LogP contribution < -0.4 is 5.32 Å². The van der Waals surface area contributed by atoms with E-state index < -0.39 is 0 Å². The van der Waals surface area contributed by atoms with E-state index in [4.69, 9.17) is 4.74 Å². The number of anilines is 1. The number of amides is 1. The zero-order chi connectivity index (χ0) is 14.8. The van der Waals surface area contributed by atoms with E-state index in [-0.39, 0.29) is 17.9 Å². The molecule has 0 radical (unpaired) electrons. The minimum absolute atomic E-state index is 0.0799. The van der Waals surface area contributed by atoms with E-state index in [2.05, 4.69) is 15.4 Å². The highest BCUT2D eigenvalue weighted by Crippen LogP contribution is 2.22. The van der Waals surface area contributed by atoms with Crippen molar-refractivity contribution in [3.63, 3.8) is 0 Å². The minimum atomic E-state index is -0.345. The molecule has 0 bridgehead atoms. The summed E-state index contributed by atoms with van der Waals surface area (Å²) in [6.07, 6.45) is 2.24. The third-order valence-electron chi connectivity index (χ3n) is 3.66. The van der Waals surface area contributed by atoms with Crippen LogP contribution in [0.5, 0.6) is 0 Å². The summed E-state index contributed by atoms with van der Waals surface area (Å²) in [7, 11) is 1.83. The predicted octanol–water partition coefficient (Wildman–Crippen LogP) is 1.85. The number of carbonyl (C=O) groups excluding carboxylic acids is 1. The Morgan fingerprint density at radius 2 is 2.14 bits per heavy atom. The Morgan fingerprint density at radius 1 is 1.38 bits per heavy atom. The van der Waals surface area contributed by atoms with Gasteiger partial charge in [-0.2, -0.15) is 5.10 Å². The predicted molar refractivity (Wildman–Crippen MR) is 78.6 cm³/mol. The molecular weight excluding hydrogens is 268 g/mol. The number of ether oxygens (including phenoxy) is 1. The number of hydrogen-bond donors (Lipinski definition) is 1. The number of aromatic nitrogens is 3. The van der Waals surface area contributed by atoms with Crippen molar-refractivity contribution in [2.24, 2.45) is 13.0 Å². The number of rotatable bonds is 3. The van der Waals surface area contributed by atoms with Gasteiger partial charge in [0.15, 0.2) is 5.82 Å². The topological polar surface area (TPSA) is 69.0 Å². The molecule has 0 spiro atoms. The van der Waals surface area contributed by atoms with Gasteiger partial charge in [0, 0.05) is 24.9 Å². The number of hydrogen-bond acceptors (Lipinski definition) is 4. The molecule has 3 rings (SSSR count). The van der Waals surface area contributed by atoms with E-state index in [0.717, 1.165) is 17.7 Å². The molecule has 6 heteroatoms. The second-order valence-electron chi connectivity index (χ2n) is 5.37. The minimum Gasteiger partial charge on any atom is -0.368 e. The van der Waals surface area contributed by atoms with E-state index in [9.17, 15) is 4.79 Å². The quantitative estimate of drug-likeness (QED) is 0.935. The fourth-order valence-electron chi connectivity index (χ4n) is 2.42. The lowest BCUT2D eigenvalue weighted by atomic mass is 10.0. The van der Waals surface area contributed by atoms with E-state index in [0.29, 0.717) is 12.4 Å². The van der Waals surface area contributed by atoms with Gasteiger partial charge in [-0.05, 0) is 36.6 Å². The van der Waals surface area contributed by atoms with Crippen molar-refractivity contribution in [2.75, 3.05) is 11.9 Å². The summed E-state index contributed by atoms with van der Waals surface area (Å²) in [5.74, 6) is 0.855. The first-order chi connectivity index (χ1) is 10.1. The Hall–Kier alpha value is -2.21. The highest BCUT2D eigenvalue weighted by Gasteiger charge is 2.30. The first kappa shape index (κ1) is 13.8. The van der Waals surface area contributed by atoms with Crippen molar-refractivity contribution >= 4 is 11.6 Å². The van der Waals surface area contributed by atoms with Gasteiger partial charge in [-0.3, -0.25) is 9.48 Å². The smallest absolute Gasteiger partial charge is 0.253 e. The summed E-state index contributed by atoms with van der Waals surface area (Å²) in [4.78, 5) is 16.3. The molecule has 0 aliphatic carbocycles. The molecule has 2 heterocycles. The van der Waals surface area contributed by atoms with E-state index in [1.165, 1.54) is 0 Å². The van der Waals surface area contributed by atoms with E-state index >= 15 is 0 Å². The van der Waals surface area contributed by atoms with Gasteiger partial charge in [0.2, 0.25) is 0 Å². The Kier molecular flexibility index (Phi) is 3.70. The maximum Gasteiger partial charge on any atom is 0.253 e. The van der Waals surface area contributed by atoms with E-state index in [1.807, 2.05) is 38.2 Å². The molecule has 2 atom stereocenters. The second-order valence-corrected chi connectivity index (χ2v) is 5.37. The molecule has 1 amide bonds. The van der Waals surface area contributed by atoms with Crippen molar-refractivity contribution in [3.05, 3.63) is 30.6 Å². The third kappa shape index (κ3) is 2.95. The van der Waals surface area contributed by atoms with Crippen molar-refractivity contribution in [1.82, 2.24) is 14.8 Å². The van der Waals surface area contributed by atoms with Crippen LogP contribution in [0.15, 0.2) is 30.6 Å². The Bertz CT molecular complexity index is 635. The normalized spacial score (nSPS) is 21.4. The van der Waals surface area contributed by atoms with Gasteiger partial charge in [-0.15, -0.1) is 0 Å². The summed E-state index contributed by atoms with van der Waals surface area (Å²) in [5, 5.41) is 7.13. The molecule has 1 aromatic heterocycles. The highest BCUT2D eigenvalue weighted by molar-refractivity contribution is 5.94. The van der Waals surface area contributed by atoms with Gasteiger partial charge in [0.25, 0.3) is 5.91 Å². The molecule has 1 aliphatic heterocycles. The molecule has 1 fully saturated rings. The maximum atomic E-state index is 12.1. The SMILES string of the molecule is C[C@@H]1CCO[C@H]1C(=O)Nc1ccc(-c2ncn(C)n2)cc1. The number of nitrogens with one attached hydrogen (secondary N) is 1. The third-order valence-corrected chi connectivity index (χ3v) is 3.66. The van der Waals surface area contributed by atoms with Crippen LogP contribution in [0, 0.1) is 5.92 Å². The molecule has 110 valence electrons. The molecule has 1 aromatic carbocycles. The zero-order valence-corrected chi connectivity index (χ0v) is 12.1. The molecule has 21 heavy (non-hydrogen) atoms. The van der Waals surface area contributed by atoms with Crippen molar-refractivity contribution < 1.29 is 9.53 Å². The highest BCUT2D eigenvalue weighted by atomic mass is 16.5. The lowest BCUT2D eigenvalue weighted by Crippen LogP contribution is -2.31. The van der Waals surface area contributed by atoms with Crippen molar-refractivity contribution in [3.8, 4) is 11.4 Å². The largest absolute Gasteiger partial charge is 0.368 e. The van der Waals surface area contributed by atoms with Crippen LogP contribution in [0.2, 0.25) is 0 Å². The summed E-state index contributed by atoms with van der Waals surface area (Å²) in [6, 6.07) is 7.49. The molecular formula is C15H18N4O2. The van der Waals surface area contributed by atoms with Crippen LogP contribution in [0.4, 0.5) is 5.69 Å². The van der Waals surface area contributed by atoms with Crippen molar-refractivity contribution in [1.29, 1.82) is 0 Å². The molecule has 0 unspecified atom stereocenters. The number of aryl methyl sites for hydroxylation is 1. The van der Waals surface area contributed by atoms with Crippen LogP contribution in [0.1, 0.15) is 13.3 Å². The number of carbonyl (C=O) groups is 1. The van der Waals surface area contributed by atoms with Gasteiger partial charge in [-0.1, -0.05) is 6.92 Å². The Morgan fingerprint density at radius 3 is 2.71 bits per heavy atom. The molecule has 0 saturated carbocycles. The summed E-state index contributed by atoms with van der Waals surface area (Å²) >= 11 is 0. The van der Waals surface area contributed by atoms with Gasteiger partial charge >= 0.3 is 0 Å². The Labute approximate surface area is 123 Å². The monoisotopic (exact) mass is 286 g/mol. The first-order valence-electron chi connectivity index (χ1n) is 7.02. The second kappa shape index (κ2) is 5.65. The molecule has 1 N–H and O–H groups in total. The van der Waals surface area contributed by atoms with Crippen LogP contribution in [-0.4, -0.2) is 33.4 Å². The van der Waals surface area contributed by atoms with Crippen LogP contribution >= 0.6 is 0 Å². The molecule has 1 saturated heterocycles. The molecule has 2 aromatic rings. The van der Waals surface area contributed by atoms with Crippen LogP contribution in [0.25, 0.3) is 11.4 Å². The van der Waals surface area contributed by atoms with Crippen LogP contribution in [-0.2, 0) is 16.6 Å². The standard InChI is InChI=1S/C15H18N4O2/c1-10-7-8-21-13(10)15(20)17-12-5-3-11(4-6-12)14-16-9-19(2)18-14/h3-6,9-10,13H,7-8H2,1-2H3,(H,17,20)/t10-,13-/m1/s1. The average molecular weight is 286 g/mol. The van der Waals surface area contributed by atoms with Crippen LogP contribution in [0.3, 0.4) is 0 Å². The average Bonchev–Trinajstić information content (AvgIpc) is 3.08. The maximum absolute atomic E-state index is 12.1. The van der Waals surface area contributed by atoms with Crippen molar-refractivity contribution in [2.45, 2.75) is 19.4 Å². The summed E-state index contributed by atoms with van der Waals surface area (Å²) in [5.41, 5.74) is 1.67. The summed E-state index contributed by atoms with van der Waals surface area (Å²) < 4.78 is 7.12. The first-order valence-corrected chi connectivity index (χ1v) is 7.02. The van der Waals surface area contributed by atoms with Gasteiger partial charge in [0.1, 0.15) is 12.4 Å². The lowest BCUT2D eigenvalue weighted by molar-refractivity contribution is -0.126. The fourth-order valence-corrected chi connectivity index (χ4v) is 2.42. The van der Waals surface area contributed by atoms with Gasteiger partial charge in [0.05, 0.1) is 0 Å². The van der Waals surface area contributed by atoms with E-state index in [1.54, 1.807) is 11.0 Å². The number of nitrogens with zero attached hydrogens (tertiary/aromatic N) is 3. The number of benzene rings is 1. The fraction of sp³-hybridized carbons (Fsp3) is 0.400. The van der Waals surface area contributed by atoms with Gasteiger partial charge < -0.3 is 10.1 Å². The van der Waals surface area contributed by atoms with Gasteiger partial charge in [-0.25, -0.2) is 4.98 Å². The molecule has 1 aliphatic rings. The summed E-state index contributed by atoms with van der Waals surface area (Å²) in [6.45, 7) is 2.69.